The lowest BCUT2D eigenvalue weighted by atomic mass is 9.55. The van der Waals surface area contributed by atoms with E-state index in [4.69, 9.17) is 5.73 Å². The molecule has 0 unspecified atom stereocenters. The fourth-order valence-electron chi connectivity index (χ4n) is 3.02. The number of ether oxygens (including phenoxy) is 1. The topological polar surface area (TPSA) is 35.2 Å². The molecule has 0 saturated heterocycles. The summed E-state index contributed by atoms with van der Waals surface area (Å²) in [7, 11) is 0. The van der Waals surface area contributed by atoms with E-state index in [0.29, 0.717) is 6.04 Å². The molecule has 2 aliphatic rings. The van der Waals surface area contributed by atoms with Crippen LogP contribution in [0.3, 0.4) is 0 Å². The highest BCUT2D eigenvalue weighted by atomic mass is 19.4. The Morgan fingerprint density at radius 2 is 1.74 bits per heavy atom. The molecule has 0 aliphatic heterocycles. The number of halogens is 3. The summed E-state index contributed by atoms with van der Waals surface area (Å²) in [6.45, 7) is 0. The van der Waals surface area contributed by atoms with Crippen molar-refractivity contribution < 1.29 is 17.9 Å². The first-order valence-electron chi connectivity index (χ1n) is 6.19. The van der Waals surface area contributed by atoms with Gasteiger partial charge in [-0.05, 0) is 47.9 Å². The van der Waals surface area contributed by atoms with Gasteiger partial charge in [-0.25, -0.2) is 0 Å². The molecule has 1 spiro atoms. The van der Waals surface area contributed by atoms with Crippen LogP contribution < -0.4 is 10.5 Å². The van der Waals surface area contributed by atoms with E-state index in [1.165, 1.54) is 17.7 Å². The summed E-state index contributed by atoms with van der Waals surface area (Å²) in [5.74, 6) is -0.184. The SMILES string of the molecule is NC1CC2(C=C(c3ccc(OC(F)(F)F)cc3)C2)C1. The van der Waals surface area contributed by atoms with Crippen LogP contribution in [0.1, 0.15) is 24.8 Å². The van der Waals surface area contributed by atoms with E-state index in [-0.39, 0.29) is 11.2 Å². The molecular weight excluding hydrogens is 255 g/mol. The molecule has 2 N–H and O–H groups in total. The molecule has 1 aromatic carbocycles. The van der Waals surface area contributed by atoms with Crippen molar-refractivity contribution in [1.29, 1.82) is 0 Å². The molecule has 0 radical (unpaired) electrons. The van der Waals surface area contributed by atoms with Crippen molar-refractivity contribution in [3.05, 3.63) is 35.9 Å². The van der Waals surface area contributed by atoms with Crippen molar-refractivity contribution >= 4 is 5.57 Å². The Kier molecular flexibility index (Phi) is 2.64. The highest BCUT2D eigenvalue weighted by Crippen LogP contribution is 2.56. The summed E-state index contributed by atoms with van der Waals surface area (Å²) in [4.78, 5) is 0. The standard InChI is InChI=1S/C14H14F3NO/c15-14(16,17)19-12-3-1-9(2-4-12)10-5-13(6-10)7-11(18)8-13/h1-5,11H,6-8,18H2. The second-order valence-corrected chi connectivity index (χ2v) is 5.45. The fraction of sp³-hybridized carbons (Fsp3) is 0.429. The molecule has 2 nitrogen and oxygen atoms in total. The fourth-order valence-corrected chi connectivity index (χ4v) is 3.02. The largest absolute Gasteiger partial charge is 0.573 e. The maximum absolute atomic E-state index is 12.0. The van der Waals surface area contributed by atoms with E-state index in [9.17, 15) is 13.2 Å². The molecule has 1 aromatic rings. The van der Waals surface area contributed by atoms with Gasteiger partial charge in [-0.3, -0.25) is 0 Å². The lowest BCUT2D eigenvalue weighted by molar-refractivity contribution is -0.274. The first-order valence-corrected chi connectivity index (χ1v) is 6.19. The first-order chi connectivity index (χ1) is 8.85. The van der Waals surface area contributed by atoms with Crippen molar-refractivity contribution in [3.8, 4) is 5.75 Å². The van der Waals surface area contributed by atoms with E-state index < -0.39 is 6.36 Å². The van der Waals surface area contributed by atoms with Crippen LogP contribution in [0.5, 0.6) is 5.75 Å². The van der Waals surface area contributed by atoms with Gasteiger partial charge < -0.3 is 10.5 Å². The highest BCUT2D eigenvalue weighted by Gasteiger charge is 2.46. The monoisotopic (exact) mass is 269 g/mol. The molecule has 5 heteroatoms. The maximum Gasteiger partial charge on any atom is 0.573 e. The third-order valence-electron chi connectivity index (χ3n) is 3.82. The van der Waals surface area contributed by atoms with Gasteiger partial charge in [0.2, 0.25) is 0 Å². The van der Waals surface area contributed by atoms with Gasteiger partial charge in [0.25, 0.3) is 0 Å². The second-order valence-electron chi connectivity index (χ2n) is 5.45. The van der Waals surface area contributed by atoms with Crippen molar-refractivity contribution in [2.45, 2.75) is 31.7 Å². The number of hydrogen-bond donors (Lipinski definition) is 1. The summed E-state index contributed by atoms with van der Waals surface area (Å²) in [6, 6.07) is 6.33. The highest BCUT2D eigenvalue weighted by molar-refractivity contribution is 5.73. The molecule has 0 atom stereocenters. The number of hydrogen-bond acceptors (Lipinski definition) is 2. The Bertz CT molecular complexity index is 512. The number of rotatable bonds is 2. The van der Waals surface area contributed by atoms with Gasteiger partial charge in [0.1, 0.15) is 5.75 Å². The first kappa shape index (κ1) is 12.5. The van der Waals surface area contributed by atoms with Crippen LogP contribution in [0.25, 0.3) is 5.57 Å². The van der Waals surface area contributed by atoms with Crippen LogP contribution in [-0.2, 0) is 0 Å². The minimum Gasteiger partial charge on any atom is -0.406 e. The number of nitrogens with two attached hydrogens (primary N) is 1. The van der Waals surface area contributed by atoms with Crippen molar-refractivity contribution in [2.24, 2.45) is 11.1 Å². The molecule has 0 aromatic heterocycles. The zero-order valence-corrected chi connectivity index (χ0v) is 10.2. The van der Waals surface area contributed by atoms with Crippen LogP contribution in [-0.4, -0.2) is 12.4 Å². The number of allylic oxidation sites excluding steroid dienone is 2. The quantitative estimate of drug-likeness (QED) is 0.892. The third-order valence-corrected chi connectivity index (χ3v) is 3.82. The van der Waals surface area contributed by atoms with Gasteiger partial charge in [0, 0.05) is 6.04 Å². The Morgan fingerprint density at radius 3 is 2.21 bits per heavy atom. The molecule has 1 saturated carbocycles. The summed E-state index contributed by atoms with van der Waals surface area (Å²) in [5.41, 5.74) is 8.19. The van der Waals surface area contributed by atoms with Crippen LogP contribution in [0.4, 0.5) is 13.2 Å². The van der Waals surface area contributed by atoms with Gasteiger partial charge in [-0.2, -0.15) is 0 Å². The van der Waals surface area contributed by atoms with E-state index in [1.807, 2.05) is 0 Å². The second kappa shape index (κ2) is 4.00. The molecule has 102 valence electrons. The molecule has 19 heavy (non-hydrogen) atoms. The Balaban J connectivity index is 1.68. The van der Waals surface area contributed by atoms with E-state index >= 15 is 0 Å². The van der Waals surface area contributed by atoms with Gasteiger partial charge in [-0.15, -0.1) is 13.2 Å². The Labute approximate surface area is 109 Å². The van der Waals surface area contributed by atoms with E-state index in [1.54, 1.807) is 12.1 Å². The summed E-state index contributed by atoms with van der Waals surface area (Å²) in [5, 5.41) is 0. The van der Waals surface area contributed by atoms with Crippen molar-refractivity contribution in [3.63, 3.8) is 0 Å². The van der Waals surface area contributed by atoms with Crippen LogP contribution in [0.2, 0.25) is 0 Å². The summed E-state index contributed by atoms with van der Waals surface area (Å²) >= 11 is 0. The molecule has 0 bridgehead atoms. The minimum atomic E-state index is -4.64. The predicted octanol–water partition coefficient (Wildman–Crippen LogP) is 3.48. The normalized spacial score (nSPS) is 29.5. The zero-order valence-electron chi connectivity index (χ0n) is 10.2. The van der Waals surface area contributed by atoms with Gasteiger partial charge in [0.05, 0.1) is 0 Å². The predicted molar refractivity (Wildman–Crippen MR) is 65.4 cm³/mol. The molecule has 2 aliphatic carbocycles. The van der Waals surface area contributed by atoms with Gasteiger partial charge in [0.15, 0.2) is 0 Å². The average Bonchev–Trinajstić information content (AvgIpc) is 2.20. The molecule has 0 amide bonds. The maximum atomic E-state index is 12.0. The zero-order chi connectivity index (χ0) is 13.7. The van der Waals surface area contributed by atoms with Crippen molar-refractivity contribution in [2.75, 3.05) is 0 Å². The third kappa shape index (κ3) is 2.47. The molecule has 1 fully saturated rings. The van der Waals surface area contributed by atoms with Crippen LogP contribution in [0.15, 0.2) is 30.3 Å². The summed E-state index contributed by atoms with van der Waals surface area (Å²) in [6.07, 6.45) is 0.580. The summed E-state index contributed by atoms with van der Waals surface area (Å²) < 4.78 is 39.9. The van der Waals surface area contributed by atoms with E-state index in [0.717, 1.165) is 24.8 Å². The molecular formula is C14H14F3NO. The number of alkyl halides is 3. The van der Waals surface area contributed by atoms with E-state index in [2.05, 4.69) is 10.8 Å². The smallest absolute Gasteiger partial charge is 0.406 e. The molecule has 0 heterocycles. The Morgan fingerprint density at radius 1 is 1.16 bits per heavy atom. The lowest BCUT2D eigenvalue weighted by Crippen LogP contribution is -2.48. The van der Waals surface area contributed by atoms with Gasteiger partial charge in [-0.1, -0.05) is 18.2 Å². The Hall–Kier alpha value is -1.49. The van der Waals surface area contributed by atoms with Crippen LogP contribution >= 0.6 is 0 Å². The average molecular weight is 269 g/mol. The van der Waals surface area contributed by atoms with Crippen molar-refractivity contribution in [1.82, 2.24) is 0 Å². The number of benzene rings is 1. The molecule has 3 rings (SSSR count). The van der Waals surface area contributed by atoms with Gasteiger partial charge >= 0.3 is 6.36 Å². The lowest BCUT2D eigenvalue weighted by Gasteiger charge is -2.51. The minimum absolute atomic E-state index is 0.184. The van der Waals surface area contributed by atoms with Crippen LogP contribution in [0, 0.1) is 5.41 Å².